The summed E-state index contributed by atoms with van der Waals surface area (Å²) in [5.41, 5.74) is 2.83. The van der Waals surface area contributed by atoms with Crippen LogP contribution < -0.4 is 11.3 Å². The first kappa shape index (κ1) is 15.1. The zero-order chi connectivity index (χ0) is 13.2. The standard InChI is InChI=1S/C12H24N4O2/c1-16-7-6-14-12(16)4-3-11(15-13)5-8-18-10-9-17-2/h6-7,11,15H,3-5,8-10,13H2,1-2H3. The van der Waals surface area contributed by atoms with Crippen LogP contribution in [0.3, 0.4) is 0 Å². The highest BCUT2D eigenvalue weighted by molar-refractivity contribution is 4.91. The smallest absolute Gasteiger partial charge is 0.108 e. The van der Waals surface area contributed by atoms with Crippen LogP contribution in [-0.4, -0.2) is 42.5 Å². The Morgan fingerprint density at radius 3 is 2.83 bits per heavy atom. The number of rotatable bonds is 10. The number of ether oxygens (including phenoxy) is 2. The quantitative estimate of drug-likeness (QED) is 0.356. The summed E-state index contributed by atoms with van der Waals surface area (Å²) in [5.74, 6) is 6.61. The fourth-order valence-corrected chi connectivity index (χ4v) is 1.72. The van der Waals surface area contributed by atoms with Crippen LogP contribution in [0.2, 0.25) is 0 Å². The van der Waals surface area contributed by atoms with Crippen molar-refractivity contribution in [1.29, 1.82) is 0 Å². The van der Waals surface area contributed by atoms with Crippen molar-refractivity contribution in [2.75, 3.05) is 26.9 Å². The van der Waals surface area contributed by atoms with Gasteiger partial charge >= 0.3 is 0 Å². The van der Waals surface area contributed by atoms with Gasteiger partial charge in [-0.05, 0) is 12.8 Å². The molecule has 1 aromatic heterocycles. The number of aromatic nitrogens is 2. The number of hydrogen-bond acceptors (Lipinski definition) is 5. The van der Waals surface area contributed by atoms with E-state index < -0.39 is 0 Å². The molecule has 104 valence electrons. The van der Waals surface area contributed by atoms with Gasteiger partial charge in [0, 0.05) is 45.6 Å². The van der Waals surface area contributed by atoms with E-state index in [1.807, 2.05) is 24.0 Å². The Balaban J connectivity index is 2.15. The number of aryl methyl sites for hydroxylation is 2. The second-order valence-corrected chi connectivity index (χ2v) is 4.25. The van der Waals surface area contributed by atoms with Gasteiger partial charge in [-0.1, -0.05) is 0 Å². The predicted octanol–water partition coefficient (Wildman–Crippen LogP) is 0.238. The molecule has 0 spiro atoms. The lowest BCUT2D eigenvalue weighted by molar-refractivity contribution is 0.0654. The maximum absolute atomic E-state index is 5.53. The number of methoxy groups -OCH3 is 1. The van der Waals surface area contributed by atoms with Gasteiger partial charge in [0.2, 0.25) is 0 Å². The third-order valence-electron chi connectivity index (χ3n) is 2.92. The molecule has 6 heteroatoms. The van der Waals surface area contributed by atoms with Crippen molar-refractivity contribution in [3.05, 3.63) is 18.2 Å². The summed E-state index contributed by atoms with van der Waals surface area (Å²) >= 11 is 0. The third-order valence-corrected chi connectivity index (χ3v) is 2.92. The molecule has 1 heterocycles. The summed E-state index contributed by atoms with van der Waals surface area (Å²) in [6, 6.07) is 0.254. The molecule has 0 radical (unpaired) electrons. The van der Waals surface area contributed by atoms with Gasteiger partial charge in [-0.15, -0.1) is 0 Å². The average Bonchev–Trinajstić information content (AvgIpc) is 2.78. The Hall–Kier alpha value is -0.950. The molecule has 1 rings (SSSR count). The van der Waals surface area contributed by atoms with Crippen LogP contribution in [0.15, 0.2) is 12.4 Å². The van der Waals surface area contributed by atoms with Gasteiger partial charge < -0.3 is 14.0 Å². The highest BCUT2D eigenvalue weighted by atomic mass is 16.5. The Morgan fingerprint density at radius 2 is 2.22 bits per heavy atom. The van der Waals surface area contributed by atoms with E-state index in [0.717, 1.165) is 25.1 Å². The first-order chi connectivity index (χ1) is 8.77. The number of imidazole rings is 1. The van der Waals surface area contributed by atoms with E-state index in [0.29, 0.717) is 19.8 Å². The Labute approximate surface area is 108 Å². The van der Waals surface area contributed by atoms with Gasteiger partial charge in [0.1, 0.15) is 5.82 Å². The summed E-state index contributed by atoms with van der Waals surface area (Å²) in [7, 11) is 3.67. The van der Waals surface area contributed by atoms with Gasteiger partial charge in [0.05, 0.1) is 13.2 Å². The monoisotopic (exact) mass is 256 g/mol. The first-order valence-electron chi connectivity index (χ1n) is 6.27. The van der Waals surface area contributed by atoms with Gasteiger partial charge in [-0.25, -0.2) is 4.98 Å². The summed E-state index contributed by atoms with van der Waals surface area (Å²) < 4.78 is 12.4. The van der Waals surface area contributed by atoms with Crippen molar-refractivity contribution < 1.29 is 9.47 Å². The minimum Gasteiger partial charge on any atom is -0.382 e. The minimum absolute atomic E-state index is 0.254. The average molecular weight is 256 g/mol. The molecule has 1 atom stereocenters. The van der Waals surface area contributed by atoms with Gasteiger partial charge in [0.25, 0.3) is 0 Å². The normalized spacial score (nSPS) is 12.8. The molecular weight excluding hydrogens is 232 g/mol. The lowest BCUT2D eigenvalue weighted by atomic mass is 10.1. The molecule has 0 aliphatic carbocycles. The van der Waals surface area contributed by atoms with Gasteiger partial charge in [0.15, 0.2) is 0 Å². The zero-order valence-electron chi connectivity index (χ0n) is 11.3. The minimum atomic E-state index is 0.254. The fourth-order valence-electron chi connectivity index (χ4n) is 1.72. The van der Waals surface area contributed by atoms with Gasteiger partial charge in [-0.3, -0.25) is 11.3 Å². The molecule has 3 N–H and O–H groups in total. The number of hydrogen-bond donors (Lipinski definition) is 2. The molecule has 0 saturated heterocycles. The van der Waals surface area contributed by atoms with E-state index in [9.17, 15) is 0 Å². The molecular formula is C12H24N4O2. The Bertz CT molecular complexity index is 317. The molecule has 0 saturated carbocycles. The van der Waals surface area contributed by atoms with Gasteiger partial charge in [-0.2, -0.15) is 0 Å². The topological polar surface area (TPSA) is 74.3 Å². The van der Waals surface area contributed by atoms with E-state index >= 15 is 0 Å². The number of nitrogens with one attached hydrogen (secondary N) is 1. The summed E-state index contributed by atoms with van der Waals surface area (Å²) in [4.78, 5) is 4.29. The Kier molecular flexibility index (Phi) is 7.59. The van der Waals surface area contributed by atoms with Crippen molar-refractivity contribution in [2.45, 2.75) is 25.3 Å². The van der Waals surface area contributed by atoms with E-state index in [1.165, 1.54) is 0 Å². The van der Waals surface area contributed by atoms with E-state index in [2.05, 4.69) is 10.4 Å². The van der Waals surface area contributed by atoms with E-state index in [1.54, 1.807) is 7.11 Å². The summed E-state index contributed by atoms with van der Waals surface area (Å²) in [6.07, 6.45) is 6.53. The van der Waals surface area contributed by atoms with Crippen LogP contribution in [0.25, 0.3) is 0 Å². The molecule has 0 aliphatic heterocycles. The fraction of sp³-hybridized carbons (Fsp3) is 0.750. The number of hydrazine groups is 1. The van der Waals surface area contributed by atoms with E-state index in [4.69, 9.17) is 15.3 Å². The van der Waals surface area contributed by atoms with Crippen molar-refractivity contribution >= 4 is 0 Å². The van der Waals surface area contributed by atoms with Crippen LogP contribution in [0.5, 0.6) is 0 Å². The summed E-state index contributed by atoms with van der Waals surface area (Å²) in [6.45, 7) is 1.96. The van der Waals surface area contributed by atoms with Crippen molar-refractivity contribution in [3.63, 3.8) is 0 Å². The van der Waals surface area contributed by atoms with Crippen molar-refractivity contribution in [3.8, 4) is 0 Å². The SMILES string of the molecule is COCCOCCC(CCc1nccn1C)NN. The van der Waals surface area contributed by atoms with Crippen molar-refractivity contribution in [1.82, 2.24) is 15.0 Å². The highest BCUT2D eigenvalue weighted by Gasteiger charge is 2.08. The maximum atomic E-state index is 5.53. The molecule has 1 aromatic rings. The Morgan fingerprint density at radius 1 is 1.39 bits per heavy atom. The second-order valence-electron chi connectivity index (χ2n) is 4.25. The molecule has 0 amide bonds. The maximum Gasteiger partial charge on any atom is 0.108 e. The second kappa shape index (κ2) is 9.04. The highest BCUT2D eigenvalue weighted by Crippen LogP contribution is 2.05. The molecule has 0 aliphatic rings. The van der Waals surface area contributed by atoms with Crippen LogP contribution in [0.1, 0.15) is 18.7 Å². The molecule has 0 aromatic carbocycles. The first-order valence-corrected chi connectivity index (χ1v) is 6.27. The third kappa shape index (κ3) is 5.59. The molecule has 0 fully saturated rings. The number of nitrogens with two attached hydrogens (primary N) is 1. The van der Waals surface area contributed by atoms with Crippen LogP contribution in [0, 0.1) is 0 Å². The number of nitrogens with zero attached hydrogens (tertiary/aromatic N) is 2. The van der Waals surface area contributed by atoms with E-state index in [-0.39, 0.29) is 6.04 Å². The molecule has 0 bridgehead atoms. The van der Waals surface area contributed by atoms with Crippen molar-refractivity contribution in [2.24, 2.45) is 12.9 Å². The molecule has 18 heavy (non-hydrogen) atoms. The molecule has 1 unspecified atom stereocenters. The van der Waals surface area contributed by atoms with Crippen LogP contribution in [-0.2, 0) is 22.9 Å². The molecule has 6 nitrogen and oxygen atoms in total. The van der Waals surface area contributed by atoms with Crippen LogP contribution in [0.4, 0.5) is 0 Å². The predicted molar refractivity (Wildman–Crippen MR) is 70.0 cm³/mol. The largest absolute Gasteiger partial charge is 0.382 e. The lowest BCUT2D eigenvalue weighted by Gasteiger charge is -2.15. The van der Waals surface area contributed by atoms with Crippen LogP contribution >= 0.6 is 0 Å². The lowest BCUT2D eigenvalue weighted by Crippen LogP contribution is -2.36. The zero-order valence-corrected chi connectivity index (χ0v) is 11.3. The summed E-state index contributed by atoms with van der Waals surface area (Å²) in [5, 5.41) is 0.